The Hall–Kier alpha value is -1.71. The maximum atomic E-state index is 11.4. The van der Waals surface area contributed by atoms with Gasteiger partial charge in [0, 0.05) is 32.3 Å². The van der Waals surface area contributed by atoms with Gasteiger partial charge in [0.05, 0.1) is 25.0 Å². The summed E-state index contributed by atoms with van der Waals surface area (Å²) < 4.78 is 31.9. The molecule has 1 saturated carbocycles. The zero-order chi connectivity index (χ0) is 19.6. The Kier molecular flexibility index (Phi) is 6.02. The summed E-state index contributed by atoms with van der Waals surface area (Å²) in [6, 6.07) is 2.01. The Morgan fingerprint density at radius 3 is 2.74 bits per heavy atom. The molecule has 0 spiro atoms. The number of hydrogen-bond donors (Lipinski definition) is 1. The number of fused-ring (bicyclic) bond motifs is 1. The first kappa shape index (κ1) is 20.0. The Morgan fingerprint density at radius 2 is 2.07 bits per heavy atom. The topological polar surface area (TPSA) is 103 Å². The Bertz CT molecular complexity index is 905. The van der Waals surface area contributed by atoms with Crippen LogP contribution in [-0.2, 0) is 27.7 Å². The predicted molar refractivity (Wildman–Crippen MR) is 106 cm³/mol. The van der Waals surface area contributed by atoms with Crippen molar-refractivity contribution in [3.05, 3.63) is 17.6 Å². The molecule has 2 aromatic heterocycles. The summed E-state index contributed by atoms with van der Waals surface area (Å²) in [5.74, 6) is 2.32. The van der Waals surface area contributed by atoms with Crippen molar-refractivity contribution < 1.29 is 13.2 Å². The molecule has 2 heterocycles. The van der Waals surface area contributed by atoms with Crippen molar-refractivity contribution in [1.29, 1.82) is 0 Å². The van der Waals surface area contributed by atoms with Gasteiger partial charge in [-0.15, -0.1) is 0 Å². The summed E-state index contributed by atoms with van der Waals surface area (Å²) in [7, 11) is -1.62. The summed E-state index contributed by atoms with van der Waals surface area (Å²) >= 11 is 0. The predicted octanol–water partition coefficient (Wildman–Crippen LogP) is 1.57. The third kappa shape index (κ3) is 5.18. The van der Waals surface area contributed by atoms with E-state index in [2.05, 4.69) is 9.55 Å². The fourth-order valence-electron chi connectivity index (χ4n) is 3.12. The van der Waals surface area contributed by atoms with Gasteiger partial charge in [-0.3, -0.25) is 0 Å². The smallest absolute Gasteiger partial charge is 0.211 e. The van der Waals surface area contributed by atoms with E-state index in [1.165, 1.54) is 23.4 Å². The van der Waals surface area contributed by atoms with Gasteiger partial charge >= 0.3 is 0 Å². The van der Waals surface area contributed by atoms with Crippen molar-refractivity contribution in [2.75, 3.05) is 38.8 Å². The molecule has 0 saturated heterocycles. The van der Waals surface area contributed by atoms with Crippen LogP contribution in [0.25, 0.3) is 11.0 Å². The van der Waals surface area contributed by atoms with Gasteiger partial charge in [-0.1, -0.05) is 12.8 Å². The fraction of sp³-hybridized carbons (Fsp3) is 0.667. The molecule has 1 aliphatic rings. The third-order valence-electron chi connectivity index (χ3n) is 5.02. The van der Waals surface area contributed by atoms with Crippen molar-refractivity contribution in [3.8, 4) is 0 Å². The molecule has 9 heteroatoms. The van der Waals surface area contributed by atoms with Crippen LogP contribution in [0.2, 0.25) is 0 Å². The molecule has 0 aliphatic heterocycles. The minimum Gasteiger partial charge on any atom is -0.382 e. The van der Waals surface area contributed by atoms with E-state index >= 15 is 0 Å². The van der Waals surface area contributed by atoms with Crippen molar-refractivity contribution in [3.63, 3.8) is 0 Å². The molecule has 27 heavy (non-hydrogen) atoms. The number of ether oxygens (including phenoxy) is 1. The van der Waals surface area contributed by atoms with Crippen molar-refractivity contribution in [1.82, 2.24) is 18.8 Å². The number of imidazole rings is 1. The average Bonchev–Trinajstić information content (AvgIpc) is 3.34. The van der Waals surface area contributed by atoms with Crippen molar-refractivity contribution in [2.24, 2.45) is 5.92 Å². The monoisotopic (exact) mass is 395 g/mol. The standard InChI is InChI=1S/C18H29N5O3S/c1-13-12-15-17(18(19)20-13)21-16(7-6-14-4-5-14)23(15)9-11-26-10-8-22(2)27(3,24)25/h12,14H,4-11H2,1-3H3,(H2,19,20). The molecular formula is C18H29N5O3S. The molecule has 1 fully saturated rings. The lowest BCUT2D eigenvalue weighted by molar-refractivity contribution is 0.119. The molecule has 3 rings (SSSR count). The molecule has 0 atom stereocenters. The molecule has 2 N–H and O–H groups in total. The number of aryl methyl sites for hydroxylation is 2. The highest BCUT2D eigenvalue weighted by molar-refractivity contribution is 7.88. The SMILES string of the molecule is Cc1cc2c(nc(CCC3CC3)n2CCOCCN(C)S(C)(=O)=O)c(N)n1. The van der Waals surface area contributed by atoms with Gasteiger partial charge in [0.25, 0.3) is 0 Å². The molecule has 8 nitrogen and oxygen atoms in total. The lowest BCUT2D eigenvalue weighted by Crippen LogP contribution is -2.29. The van der Waals surface area contributed by atoms with Crippen LogP contribution < -0.4 is 5.73 Å². The van der Waals surface area contributed by atoms with Gasteiger partial charge in [0.1, 0.15) is 11.3 Å². The van der Waals surface area contributed by atoms with Crippen LogP contribution in [0.5, 0.6) is 0 Å². The highest BCUT2D eigenvalue weighted by Crippen LogP contribution is 2.34. The van der Waals surface area contributed by atoms with E-state index < -0.39 is 10.0 Å². The molecule has 150 valence electrons. The lowest BCUT2D eigenvalue weighted by atomic mass is 10.2. The Morgan fingerprint density at radius 1 is 1.33 bits per heavy atom. The maximum absolute atomic E-state index is 11.4. The van der Waals surface area contributed by atoms with Crippen molar-refractivity contribution in [2.45, 2.75) is 39.2 Å². The quantitative estimate of drug-likeness (QED) is 0.613. The summed E-state index contributed by atoms with van der Waals surface area (Å²) in [5, 5.41) is 0. The number of aromatic nitrogens is 3. The molecule has 0 amide bonds. The number of anilines is 1. The molecule has 0 unspecified atom stereocenters. The summed E-state index contributed by atoms with van der Waals surface area (Å²) in [4.78, 5) is 9.07. The first-order valence-corrected chi connectivity index (χ1v) is 11.2. The zero-order valence-electron chi connectivity index (χ0n) is 16.3. The second-order valence-electron chi connectivity index (χ2n) is 7.38. The number of pyridine rings is 1. The number of nitrogens with zero attached hydrogens (tertiary/aromatic N) is 4. The highest BCUT2D eigenvalue weighted by Gasteiger charge is 2.22. The Labute approximate surface area is 160 Å². The molecule has 0 bridgehead atoms. The number of likely N-dealkylation sites (N-methyl/N-ethyl adjacent to an activating group) is 1. The van der Waals surface area contributed by atoms with Gasteiger partial charge in [-0.25, -0.2) is 22.7 Å². The summed E-state index contributed by atoms with van der Waals surface area (Å²) in [6.45, 7) is 3.77. The van der Waals surface area contributed by atoms with E-state index in [0.29, 0.717) is 32.1 Å². The zero-order valence-corrected chi connectivity index (χ0v) is 17.1. The van der Waals surface area contributed by atoms with E-state index in [-0.39, 0.29) is 0 Å². The first-order valence-electron chi connectivity index (χ1n) is 9.37. The second-order valence-corrected chi connectivity index (χ2v) is 9.46. The summed E-state index contributed by atoms with van der Waals surface area (Å²) in [6.07, 6.45) is 5.90. The normalized spacial score (nSPS) is 15.1. The number of sulfonamides is 1. The molecular weight excluding hydrogens is 366 g/mol. The van der Waals surface area contributed by atoms with Crippen LogP contribution >= 0.6 is 0 Å². The molecule has 0 aromatic carbocycles. The van der Waals surface area contributed by atoms with E-state index in [1.807, 2.05) is 13.0 Å². The fourth-order valence-corrected chi connectivity index (χ4v) is 3.52. The van der Waals surface area contributed by atoms with Gasteiger partial charge in [-0.2, -0.15) is 0 Å². The van der Waals surface area contributed by atoms with Crippen LogP contribution in [0.15, 0.2) is 6.07 Å². The second kappa shape index (κ2) is 8.12. The van der Waals surface area contributed by atoms with Crippen LogP contribution in [0.3, 0.4) is 0 Å². The molecule has 1 aliphatic carbocycles. The number of nitrogen functional groups attached to an aromatic ring is 1. The highest BCUT2D eigenvalue weighted by atomic mass is 32.2. The van der Waals surface area contributed by atoms with E-state index in [0.717, 1.165) is 41.3 Å². The molecule has 2 aromatic rings. The van der Waals surface area contributed by atoms with Gasteiger partial charge < -0.3 is 15.0 Å². The average molecular weight is 396 g/mol. The number of nitrogens with two attached hydrogens (primary N) is 1. The lowest BCUT2D eigenvalue weighted by Gasteiger charge is -2.14. The van der Waals surface area contributed by atoms with Gasteiger partial charge in [0.2, 0.25) is 10.0 Å². The Balaban J connectivity index is 1.66. The van der Waals surface area contributed by atoms with Gasteiger partial charge in [0.15, 0.2) is 5.82 Å². The van der Waals surface area contributed by atoms with E-state index in [4.69, 9.17) is 15.5 Å². The molecule has 0 radical (unpaired) electrons. The van der Waals surface area contributed by atoms with Crippen LogP contribution in [0.4, 0.5) is 5.82 Å². The summed E-state index contributed by atoms with van der Waals surface area (Å²) in [5.41, 5.74) is 8.69. The van der Waals surface area contributed by atoms with E-state index in [1.54, 1.807) is 7.05 Å². The minimum atomic E-state index is -3.17. The third-order valence-corrected chi connectivity index (χ3v) is 6.33. The maximum Gasteiger partial charge on any atom is 0.211 e. The van der Waals surface area contributed by atoms with E-state index in [9.17, 15) is 8.42 Å². The van der Waals surface area contributed by atoms with Gasteiger partial charge in [-0.05, 0) is 25.3 Å². The van der Waals surface area contributed by atoms with Crippen LogP contribution in [0.1, 0.15) is 30.8 Å². The largest absolute Gasteiger partial charge is 0.382 e. The van der Waals surface area contributed by atoms with Crippen LogP contribution in [0, 0.1) is 12.8 Å². The number of rotatable bonds is 10. The van der Waals surface area contributed by atoms with Crippen LogP contribution in [-0.4, -0.2) is 60.3 Å². The minimum absolute atomic E-state index is 0.341. The number of hydrogen-bond acceptors (Lipinski definition) is 6. The first-order chi connectivity index (χ1) is 12.8. The van der Waals surface area contributed by atoms with Crippen molar-refractivity contribution >= 4 is 26.9 Å².